The normalized spacial score (nSPS) is 17.9. The third-order valence-electron chi connectivity index (χ3n) is 5.99. The van der Waals surface area contributed by atoms with Crippen LogP contribution in [0.4, 0.5) is 0 Å². The van der Waals surface area contributed by atoms with Gasteiger partial charge in [-0.1, -0.05) is 38.0 Å². The third kappa shape index (κ3) is 6.52. The maximum absolute atomic E-state index is 12.8. The van der Waals surface area contributed by atoms with Crippen LogP contribution in [0.15, 0.2) is 29.2 Å². The lowest BCUT2D eigenvalue weighted by Gasteiger charge is -2.33. The number of hydrogen-bond donors (Lipinski definition) is 3. The smallest absolute Gasteiger partial charge is 0.326 e. The van der Waals surface area contributed by atoms with Crippen LogP contribution in [0.2, 0.25) is 0 Å². The van der Waals surface area contributed by atoms with Crippen LogP contribution in [0, 0.1) is 18.8 Å². The minimum atomic E-state index is -3.83. The molecule has 3 N–H and O–H groups in total. The molecule has 0 unspecified atom stereocenters. The number of benzene rings is 1. The molecule has 1 aliphatic rings. The SMILES string of the molecule is CC[C@H](C)[C@@H](NC(=O)C1CCN(C(=O)[C@@H](C)NS(=O)(=O)c2ccc(C)cc2)CC1)C(=O)O. The van der Waals surface area contributed by atoms with Gasteiger partial charge in [-0.05, 0) is 44.7 Å². The number of carboxylic acids is 1. The van der Waals surface area contributed by atoms with Crippen LogP contribution in [0.5, 0.6) is 0 Å². The lowest BCUT2D eigenvalue weighted by molar-refractivity contribution is -0.144. The van der Waals surface area contributed by atoms with E-state index < -0.39 is 28.1 Å². The first-order valence-electron chi connectivity index (χ1n) is 10.9. The average Bonchev–Trinajstić information content (AvgIpc) is 2.76. The number of rotatable bonds is 9. The van der Waals surface area contributed by atoms with E-state index in [2.05, 4.69) is 10.0 Å². The molecule has 10 heteroatoms. The summed E-state index contributed by atoms with van der Waals surface area (Å²) in [5.41, 5.74) is 0.929. The molecule has 0 radical (unpaired) electrons. The number of hydrogen-bond acceptors (Lipinski definition) is 5. The molecule has 1 saturated heterocycles. The second-order valence-corrected chi connectivity index (χ2v) is 10.2. The zero-order valence-corrected chi connectivity index (χ0v) is 19.8. The third-order valence-corrected chi connectivity index (χ3v) is 7.54. The van der Waals surface area contributed by atoms with Crippen LogP contribution in [0.1, 0.15) is 45.6 Å². The van der Waals surface area contributed by atoms with Gasteiger partial charge in [-0.25, -0.2) is 13.2 Å². The molecule has 0 bridgehead atoms. The number of carbonyl (C=O) groups excluding carboxylic acids is 2. The molecule has 178 valence electrons. The molecule has 3 atom stereocenters. The van der Waals surface area contributed by atoms with Gasteiger partial charge in [0.25, 0.3) is 0 Å². The summed E-state index contributed by atoms with van der Waals surface area (Å²) in [6.45, 7) is 7.59. The molecule has 0 aliphatic carbocycles. The first-order chi connectivity index (χ1) is 15.0. The molecule has 32 heavy (non-hydrogen) atoms. The fourth-order valence-corrected chi connectivity index (χ4v) is 4.86. The van der Waals surface area contributed by atoms with Gasteiger partial charge < -0.3 is 15.3 Å². The van der Waals surface area contributed by atoms with E-state index in [4.69, 9.17) is 0 Å². The molecule has 0 spiro atoms. The quantitative estimate of drug-likeness (QED) is 0.504. The van der Waals surface area contributed by atoms with Crippen molar-refractivity contribution in [3.8, 4) is 0 Å². The monoisotopic (exact) mass is 467 g/mol. The van der Waals surface area contributed by atoms with E-state index >= 15 is 0 Å². The average molecular weight is 468 g/mol. The minimum Gasteiger partial charge on any atom is -0.480 e. The topological polar surface area (TPSA) is 133 Å². The molecule has 1 aliphatic heterocycles. The first kappa shape index (κ1) is 25.8. The maximum atomic E-state index is 12.8. The summed E-state index contributed by atoms with van der Waals surface area (Å²) in [6.07, 6.45) is 1.41. The molecule has 9 nitrogen and oxygen atoms in total. The van der Waals surface area contributed by atoms with E-state index in [9.17, 15) is 27.9 Å². The largest absolute Gasteiger partial charge is 0.480 e. The highest BCUT2D eigenvalue weighted by molar-refractivity contribution is 7.89. The molecule has 2 amide bonds. The number of sulfonamides is 1. The van der Waals surface area contributed by atoms with Crippen molar-refractivity contribution < 1.29 is 27.9 Å². The number of carboxylic acid groups (broad SMARTS) is 1. The zero-order chi connectivity index (χ0) is 24.1. The van der Waals surface area contributed by atoms with Crippen molar-refractivity contribution >= 4 is 27.8 Å². The van der Waals surface area contributed by atoms with Crippen molar-refractivity contribution in [2.75, 3.05) is 13.1 Å². The highest BCUT2D eigenvalue weighted by atomic mass is 32.2. The fraction of sp³-hybridized carbons (Fsp3) is 0.591. The Labute approximate surface area is 189 Å². The van der Waals surface area contributed by atoms with Gasteiger partial charge in [0.05, 0.1) is 10.9 Å². The molecule has 0 aromatic heterocycles. The Morgan fingerprint density at radius 3 is 2.19 bits per heavy atom. The number of nitrogens with one attached hydrogen (secondary N) is 2. The predicted molar refractivity (Wildman–Crippen MR) is 119 cm³/mol. The van der Waals surface area contributed by atoms with E-state index in [0.717, 1.165) is 5.56 Å². The van der Waals surface area contributed by atoms with Crippen molar-refractivity contribution in [2.45, 2.75) is 63.9 Å². The van der Waals surface area contributed by atoms with Gasteiger partial charge in [-0.15, -0.1) is 0 Å². The molecule has 0 saturated carbocycles. The van der Waals surface area contributed by atoms with Crippen molar-refractivity contribution in [3.05, 3.63) is 29.8 Å². The van der Waals surface area contributed by atoms with Crippen LogP contribution in [-0.4, -0.2) is 61.4 Å². The van der Waals surface area contributed by atoms with Crippen molar-refractivity contribution in [3.63, 3.8) is 0 Å². The number of aryl methyl sites for hydroxylation is 1. The molecular formula is C22H33N3O6S. The van der Waals surface area contributed by atoms with Gasteiger partial charge in [0.1, 0.15) is 6.04 Å². The molecule has 1 heterocycles. The number of piperidine rings is 1. The Balaban J connectivity index is 1.91. The number of likely N-dealkylation sites (tertiary alicyclic amines) is 1. The number of amides is 2. The van der Waals surface area contributed by atoms with Crippen molar-refractivity contribution in [2.24, 2.45) is 11.8 Å². The standard InChI is InChI=1S/C22H33N3O6S/c1-5-15(3)19(22(28)29)23-20(26)17-10-12-25(13-11-17)21(27)16(4)24-32(30,31)18-8-6-14(2)7-9-18/h6-9,15-17,19,24H,5,10-13H2,1-4H3,(H,23,26)(H,28,29)/t15-,16+,19+/m0/s1. The van der Waals surface area contributed by atoms with Crippen LogP contribution in [0.25, 0.3) is 0 Å². The van der Waals surface area contributed by atoms with E-state index in [1.54, 1.807) is 19.1 Å². The van der Waals surface area contributed by atoms with Crippen LogP contribution >= 0.6 is 0 Å². The molecule has 2 rings (SSSR count). The highest BCUT2D eigenvalue weighted by Gasteiger charge is 2.33. The van der Waals surface area contributed by atoms with Crippen molar-refractivity contribution in [1.82, 2.24) is 14.9 Å². The van der Waals surface area contributed by atoms with Crippen LogP contribution in [-0.2, 0) is 24.4 Å². The van der Waals surface area contributed by atoms with Gasteiger partial charge in [0.2, 0.25) is 21.8 Å². The second kappa shape index (κ2) is 10.9. The highest BCUT2D eigenvalue weighted by Crippen LogP contribution is 2.20. The number of aliphatic carboxylic acids is 1. The number of nitrogens with zero attached hydrogens (tertiary/aromatic N) is 1. The summed E-state index contributed by atoms with van der Waals surface area (Å²) in [5, 5.41) is 12.0. The van der Waals surface area contributed by atoms with Crippen molar-refractivity contribution in [1.29, 1.82) is 0 Å². The summed E-state index contributed by atoms with van der Waals surface area (Å²) >= 11 is 0. The summed E-state index contributed by atoms with van der Waals surface area (Å²) in [6, 6.07) is 4.46. The van der Waals surface area contributed by atoms with E-state index in [-0.39, 0.29) is 28.5 Å². The van der Waals surface area contributed by atoms with E-state index in [1.807, 2.05) is 13.8 Å². The van der Waals surface area contributed by atoms with Crippen LogP contribution < -0.4 is 10.0 Å². The van der Waals surface area contributed by atoms with Gasteiger partial charge >= 0.3 is 5.97 Å². The summed E-state index contributed by atoms with van der Waals surface area (Å²) < 4.78 is 27.5. The zero-order valence-electron chi connectivity index (χ0n) is 19.0. The molecular weight excluding hydrogens is 434 g/mol. The van der Waals surface area contributed by atoms with Crippen LogP contribution in [0.3, 0.4) is 0 Å². The number of carbonyl (C=O) groups is 3. The molecule has 1 fully saturated rings. The fourth-order valence-electron chi connectivity index (χ4n) is 3.66. The van der Waals surface area contributed by atoms with E-state index in [0.29, 0.717) is 32.4 Å². The molecule has 1 aromatic rings. The summed E-state index contributed by atoms with van der Waals surface area (Å²) in [4.78, 5) is 38.4. The Morgan fingerprint density at radius 2 is 1.69 bits per heavy atom. The Bertz CT molecular complexity index is 923. The Hall–Kier alpha value is -2.46. The predicted octanol–water partition coefficient (Wildman–Crippen LogP) is 1.52. The van der Waals surface area contributed by atoms with Gasteiger partial charge in [-0.3, -0.25) is 9.59 Å². The van der Waals surface area contributed by atoms with Gasteiger partial charge in [0.15, 0.2) is 0 Å². The second-order valence-electron chi connectivity index (χ2n) is 8.47. The Kier molecular flexibility index (Phi) is 8.80. The molecule has 1 aromatic carbocycles. The lowest BCUT2D eigenvalue weighted by Crippen LogP contribution is -2.52. The minimum absolute atomic E-state index is 0.0902. The van der Waals surface area contributed by atoms with Gasteiger partial charge in [-0.2, -0.15) is 4.72 Å². The summed E-state index contributed by atoms with van der Waals surface area (Å²) in [5.74, 6) is -2.32. The lowest BCUT2D eigenvalue weighted by atomic mass is 9.93. The first-order valence-corrected chi connectivity index (χ1v) is 12.4. The Morgan fingerprint density at radius 1 is 1.12 bits per heavy atom. The van der Waals surface area contributed by atoms with E-state index in [1.165, 1.54) is 24.0 Å². The van der Waals surface area contributed by atoms with Gasteiger partial charge in [0, 0.05) is 19.0 Å². The maximum Gasteiger partial charge on any atom is 0.326 e. The summed E-state index contributed by atoms with van der Waals surface area (Å²) in [7, 11) is -3.83.